The average molecular weight is 303 g/mol. The Morgan fingerprint density at radius 3 is 2.55 bits per heavy atom. The fourth-order valence-corrected chi connectivity index (χ4v) is 2.98. The molecule has 0 bridgehead atoms. The molecule has 1 N–H and O–H groups in total. The fraction of sp³-hybridized carbons (Fsp3) is 0.438. The number of hydrogen-bond acceptors (Lipinski definition) is 3. The number of amides is 3. The van der Waals surface area contributed by atoms with Crippen LogP contribution in [-0.4, -0.2) is 28.7 Å². The Morgan fingerprint density at radius 2 is 1.91 bits per heavy atom. The third-order valence-electron chi connectivity index (χ3n) is 4.46. The van der Waals surface area contributed by atoms with E-state index in [1.54, 1.807) is 0 Å². The normalized spacial score (nSPS) is 28.6. The quantitative estimate of drug-likeness (QED) is 0.674. The van der Waals surface area contributed by atoms with Crippen LogP contribution >= 0.6 is 0 Å². The van der Waals surface area contributed by atoms with Gasteiger partial charge < -0.3 is 5.32 Å². The number of hydrogen-bond donors (Lipinski definition) is 1. The van der Waals surface area contributed by atoms with Crippen molar-refractivity contribution in [2.45, 2.75) is 38.1 Å². The van der Waals surface area contributed by atoms with Gasteiger partial charge in [0.2, 0.25) is 0 Å². The summed E-state index contributed by atoms with van der Waals surface area (Å²) < 4.78 is 12.8. The highest BCUT2D eigenvalue weighted by Gasteiger charge is 2.52. The lowest BCUT2D eigenvalue weighted by molar-refractivity contribution is -0.132. The molecule has 0 unspecified atom stereocenters. The van der Waals surface area contributed by atoms with Gasteiger partial charge in [0.15, 0.2) is 0 Å². The number of carbonyl (C=O) groups is 2. The zero-order chi connectivity index (χ0) is 15.7. The fourth-order valence-electron chi connectivity index (χ4n) is 2.98. The first-order valence-electron chi connectivity index (χ1n) is 7.46. The molecule has 6 heteroatoms. The van der Waals surface area contributed by atoms with Crippen LogP contribution in [0.25, 0.3) is 0 Å². The molecule has 1 saturated carbocycles. The molecule has 1 spiro atoms. The Bertz CT molecular complexity index is 619. The second kappa shape index (κ2) is 5.51. The van der Waals surface area contributed by atoms with E-state index >= 15 is 0 Å². The number of benzene rings is 1. The van der Waals surface area contributed by atoms with E-state index in [9.17, 15) is 14.0 Å². The minimum Gasteiger partial charge on any atom is -0.321 e. The molecular weight excluding hydrogens is 285 g/mol. The maximum Gasteiger partial charge on any atom is 0.346 e. The first-order valence-corrected chi connectivity index (χ1v) is 7.46. The molecule has 2 fully saturated rings. The minimum atomic E-state index is -0.788. The Balaban J connectivity index is 1.76. The van der Waals surface area contributed by atoms with Crippen LogP contribution in [0.3, 0.4) is 0 Å². The van der Waals surface area contributed by atoms with Crippen LogP contribution in [0.2, 0.25) is 0 Å². The first-order chi connectivity index (χ1) is 10.5. The molecule has 1 aromatic rings. The van der Waals surface area contributed by atoms with Crippen molar-refractivity contribution in [3.05, 3.63) is 35.6 Å². The highest BCUT2D eigenvalue weighted by atomic mass is 19.1. The summed E-state index contributed by atoms with van der Waals surface area (Å²) in [5.74, 6) is -0.0581. The van der Waals surface area contributed by atoms with Gasteiger partial charge in [-0.3, -0.25) is 4.79 Å². The van der Waals surface area contributed by atoms with Crippen molar-refractivity contribution < 1.29 is 14.0 Å². The molecule has 2 aliphatic rings. The molecule has 3 amide bonds. The second-order valence-electron chi connectivity index (χ2n) is 6.11. The van der Waals surface area contributed by atoms with Crippen LogP contribution < -0.4 is 5.32 Å². The van der Waals surface area contributed by atoms with Gasteiger partial charge in [-0.2, -0.15) is 5.10 Å². The summed E-state index contributed by atoms with van der Waals surface area (Å²) >= 11 is 0. The largest absolute Gasteiger partial charge is 0.346 e. The Morgan fingerprint density at radius 1 is 1.27 bits per heavy atom. The summed E-state index contributed by atoms with van der Waals surface area (Å²) in [6.45, 7) is 2.15. The smallest absolute Gasteiger partial charge is 0.321 e. The van der Waals surface area contributed by atoms with Crippen molar-refractivity contribution in [2.75, 3.05) is 0 Å². The van der Waals surface area contributed by atoms with Crippen molar-refractivity contribution >= 4 is 18.2 Å². The number of carbonyl (C=O) groups excluding carboxylic acids is 2. The van der Waals surface area contributed by atoms with Gasteiger partial charge in [-0.1, -0.05) is 19.1 Å². The highest BCUT2D eigenvalue weighted by Crippen LogP contribution is 2.36. The molecule has 22 heavy (non-hydrogen) atoms. The molecule has 0 radical (unpaired) electrons. The summed E-state index contributed by atoms with van der Waals surface area (Å²) in [6.07, 6.45) is 4.53. The van der Waals surface area contributed by atoms with Crippen molar-refractivity contribution in [3.63, 3.8) is 0 Å². The van der Waals surface area contributed by atoms with Gasteiger partial charge in [-0.15, -0.1) is 5.01 Å². The number of rotatable bonds is 2. The molecule has 1 aliphatic carbocycles. The maximum absolute atomic E-state index is 12.8. The van der Waals surface area contributed by atoms with Crippen LogP contribution in [0.5, 0.6) is 0 Å². The summed E-state index contributed by atoms with van der Waals surface area (Å²) in [4.78, 5) is 24.6. The van der Waals surface area contributed by atoms with Gasteiger partial charge in [0.05, 0.1) is 6.21 Å². The Hall–Kier alpha value is -2.24. The highest BCUT2D eigenvalue weighted by molar-refractivity contribution is 6.07. The number of urea groups is 1. The SMILES string of the molecule is CC1CCC2(CC1)NC(=O)N(/N=C/c1ccc(F)cc1)C2=O. The van der Waals surface area contributed by atoms with Crippen molar-refractivity contribution in [2.24, 2.45) is 11.0 Å². The van der Waals surface area contributed by atoms with E-state index in [-0.39, 0.29) is 11.7 Å². The van der Waals surface area contributed by atoms with Crippen LogP contribution in [0.4, 0.5) is 9.18 Å². The van der Waals surface area contributed by atoms with Crippen molar-refractivity contribution in [3.8, 4) is 0 Å². The third-order valence-corrected chi connectivity index (χ3v) is 4.46. The second-order valence-corrected chi connectivity index (χ2v) is 6.11. The molecule has 116 valence electrons. The number of nitrogens with zero attached hydrogens (tertiary/aromatic N) is 2. The number of halogens is 1. The molecule has 1 aliphatic heterocycles. The minimum absolute atomic E-state index is 0.289. The van der Waals surface area contributed by atoms with Gasteiger partial charge in [0.25, 0.3) is 5.91 Å². The Kier molecular flexibility index (Phi) is 3.68. The number of hydrazone groups is 1. The van der Waals surface area contributed by atoms with Gasteiger partial charge >= 0.3 is 6.03 Å². The van der Waals surface area contributed by atoms with Crippen LogP contribution in [0.15, 0.2) is 29.4 Å². The molecule has 3 rings (SSSR count). The molecular formula is C16H18FN3O2. The van der Waals surface area contributed by atoms with Crippen LogP contribution in [0, 0.1) is 11.7 Å². The molecule has 0 aromatic heterocycles. The van der Waals surface area contributed by atoms with E-state index in [4.69, 9.17) is 0 Å². The van der Waals surface area contributed by atoms with Crippen molar-refractivity contribution in [1.29, 1.82) is 0 Å². The Labute approximate surface area is 128 Å². The number of imide groups is 1. The summed E-state index contributed by atoms with van der Waals surface area (Å²) in [5, 5.41) is 7.67. The van der Waals surface area contributed by atoms with E-state index < -0.39 is 11.6 Å². The lowest BCUT2D eigenvalue weighted by Gasteiger charge is -2.33. The van der Waals surface area contributed by atoms with Crippen molar-refractivity contribution in [1.82, 2.24) is 10.3 Å². The van der Waals surface area contributed by atoms with Gasteiger partial charge in [0.1, 0.15) is 11.4 Å². The predicted molar refractivity (Wildman–Crippen MR) is 79.7 cm³/mol. The summed E-state index contributed by atoms with van der Waals surface area (Å²) in [7, 11) is 0. The van der Waals surface area contributed by atoms with E-state index in [1.807, 2.05) is 0 Å². The van der Waals surface area contributed by atoms with Gasteiger partial charge in [0, 0.05) is 0 Å². The summed E-state index contributed by atoms with van der Waals surface area (Å²) in [5.41, 5.74) is -0.163. The van der Waals surface area contributed by atoms with Crippen LogP contribution in [0.1, 0.15) is 38.2 Å². The topological polar surface area (TPSA) is 61.8 Å². The monoisotopic (exact) mass is 303 g/mol. The standard InChI is InChI=1S/C16H18FN3O2/c1-11-6-8-16(9-7-11)14(21)20(15(22)19-16)18-10-12-2-4-13(17)5-3-12/h2-5,10-11H,6-9H2,1H3,(H,19,22)/b18-10+. The lowest BCUT2D eigenvalue weighted by Crippen LogP contribution is -2.49. The van der Waals surface area contributed by atoms with Gasteiger partial charge in [-0.05, 0) is 49.3 Å². The van der Waals surface area contributed by atoms with E-state index in [1.165, 1.54) is 30.5 Å². The maximum atomic E-state index is 12.8. The van der Waals surface area contributed by atoms with E-state index in [0.29, 0.717) is 24.3 Å². The molecule has 0 atom stereocenters. The predicted octanol–water partition coefficient (Wildman–Crippen LogP) is 2.66. The van der Waals surface area contributed by atoms with Gasteiger partial charge in [-0.25, -0.2) is 9.18 Å². The third kappa shape index (κ3) is 2.61. The molecule has 5 nitrogen and oxygen atoms in total. The van der Waals surface area contributed by atoms with Crippen LogP contribution in [-0.2, 0) is 4.79 Å². The molecule has 1 saturated heterocycles. The summed E-state index contributed by atoms with van der Waals surface area (Å²) in [6, 6.07) is 5.19. The average Bonchev–Trinajstić information content (AvgIpc) is 2.73. The number of nitrogens with one attached hydrogen (secondary N) is 1. The lowest BCUT2D eigenvalue weighted by atomic mass is 9.77. The zero-order valence-electron chi connectivity index (χ0n) is 12.4. The molecule has 1 aromatic carbocycles. The first kappa shape index (κ1) is 14.7. The molecule has 1 heterocycles. The van der Waals surface area contributed by atoms with E-state index in [2.05, 4.69) is 17.3 Å². The van der Waals surface area contributed by atoms with E-state index in [0.717, 1.165) is 17.9 Å². The zero-order valence-corrected chi connectivity index (χ0v) is 12.4.